The van der Waals surface area contributed by atoms with Crippen LogP contribution in [-0.4, -0.2) is 5.75 Å². The molecule has 0 aliphatic carbocycles. The van der Waals surface area contributed by atoms with Gasteiger partial charge in [0.1, 0.15) is 5.58 Å². The molecule has 2 heterocycles. The molecule has 80 valence electrons. The minimum Gasteiger partial charge on any atom is -0.422 e. The molecule has 1 aromatic carbocycles. The van der Waals surface area contributed by atoms with Crippen molar-refractivity contribution in [3.63, 3.8) is 0 Å². The van der Waals surface area contributed by atoms with Crippen LogP contribution in [0.25, 0.3) is 17.0 Å². The normalized spacial score (nSPS) is 14.1. The molecule has 2 nitrogen and oxygen atoms in total. The van der Waals surface area contributed by atoms with Crippen LogP contribution in [0, 0.1) is 6.92 Å². The second-order valence-corrected chi connectivity index (χ2v) is 4.88. The molecular formula is C13H10O2S. The smallest absolute Gasteiger partial charge is 0.336 e. The summed E-state index contributed by atoms with van der Waals surface area (Å²) in [5.41, 5.74) is 2.45. The number of thioether (sulfide) groups is 1. The van der Waals surface area contributed by atoms with Crippen molar-refractivity contribution in [1.82, 2.24) is 0 Å². The summed E-state index contributed by atoms with van der Waals surface area (Å²) in [5, 5.41) is 1.02. The maximum Gasteiger partial charge on any atom is 0.336 e. The van der Waals surface area contributed by atoms with E-state index < -0.39 is 0 Å². The zero-order chi connectivity index (χ0) is 11.1. The van der Waals surface area contributed by atoms with E-state index in [0.29, 0.717) is 5.58 Å². The first-order chi connectivity index (χ1) is 7.75. The molecule has 1 aliphatic heterocycles. The van der Waals surface area contributed by atoms with Gasteiger partial charge in [-0.25, -0.2) is 4.79 Å². The topological polar surface area (TPSA) is 30.2 Å². The summed E-state index contributed by atoms with van der Waals surface area (Å²) in [5.74, 6) is 0.981. The number of hydrogen-bond donors (Lipinski definition) is 0. The van der Waals surface area contributed by atoms with Crippen LogP contribution in [0.15, 0.2) is 38.4 Å². The lowest BCUT2D eigenvalue weighted by molar-refractivity contribution is 0.558. The number of benzene rings is 1. The van der Waals surface area contributed by atoms with Crippen molar-refractivity contribution in [2.24, 2.45) is 0 Å². The molecule has 0 radical (unpaired) electrons. The van der Waals surface area contributed by atoms with Gasteiger partial charge < -0.3 is 4.42 Å². The van der Waals surface area contributed by atoms with Crippen molar-refractivity contribution in [3.05, 3.63) is 45.8 Å². The number of fused-ring (bicyclic) bond motifs is 3. The number of hydrogen-bond acceptors (Lipinski definition) is 3. The van der Waals surface area contributed by atoms with Crippen LogP contribution in [0.2, 0.25) is 0 Å². The fourth-order valence-corrected chi connectivity index (χ4v) is 2.83. The molecule has 1 aliphatic rings. The molecule has 1 aromatic heterocycles. The van der Waals surface area contributed by atoms with Crippen LogP contribution in [0.5, 0.6) is 0 Å². The van der Waals surface area contributed by atoms with E-state index >= 15 is 0 Å². The van der Waals surface area contributed by atoms with Crippen molar-refractivity contribution in [3.8, 4) is 0 Å². The largest absolute Gasteiger partial charge is 0.422 e. The third-order valence-electron chi connectivity index (χ3n) is 2.74. The average Bonchev–Trinajstić information content (AvgIpc) is 2.28. The molecule has 0 saturated heterocycles. The first kappa shape index (κ1) is 9.73. The molecular weight excluding hydrogens is 220 g/mol. The third-order valence-corrected chi connectivity index (χ3v) is 3.76. The maximum absolute atomic E-state index is 11.4. The Morgan fingerprint density at radius 3 is 3.12 bits per heavy atom. The predicted octanol–water partition coefficient (Wildman–Crippen LogP) is 3.22. The third kappa shape index (κ3) is 1.39. The Balaban J connectivity index is 2.49. The van der Waals surface area contributed by atoms with E-state index in [0.717, 1.165) is 22.3 Å². The van der Waals surface area contributed by atoms with Gasteiger partial charge in [-0.15, -0.1) is 11.8 Å². The Morgan fingerprint density at radius 2 is 2.25 bits per heavy atom. The van der Waals surface area contributed by atoms with Crippen LogP contribution in [0.1, 0.15) is 11.1 Å². The number of aryl methyl sites for hydroxylation is 1. The molecule has 0 spiro atoms. The molecule has 0 fully saturated rings. The molecule has 0 saturated carbocycles. The van der Waals surface area contributed by atoms with Crippen LogP contribution < -0.4 is 5.63 Å². The van der Waals surface area contributed by atoms with Gasteiger partial charge in [-0.2, -0.15) is 0 Å². The average molecular weight is 230 g/mol. The summed E-state index contributed by atoms with van der Waals surface area (Å²) < 4.78 is 5.32. The van der Waals surface area contributed by atoms with E-state index in [9.17, 15) is 4.79 Å². The van der Waals surface area contributed by atoms with Crippen molar-refractivity contribution in [2.45, 2.75) is 11.8 Å². The molecule has 2 aromatic rings. The Labute approximate surface area is 97.0 Å². The fourth-order valence-electron chi connectivity index (χ4n) is 1.97. The van der Waals surface area contributed by atoms with E-state index in [2.05, 4.69) is 12.1 Å². The first-order valence-electron chi connectivity index (χ1n) is 5.12. The molecule has 0 atom stereocenters. The van der Waals surface area contributed by atoms with Crippen molar-refractivity contribution >= 4 is 28.8 Å². The van der Waals surface area contributed by atoms with Crippen molar-refractivity contribution in [2.75, 3.05) is 5.75 Å². The Morgan fingerprint density at radius 1 is 1.38 bits per heavy atom. The second-order valence-electron chi connectivity index (χ2n) is 3.82. The molecule has 16 heavy (non-hydrogen) atoms. The summed E-state index contributed by atoms with van der Waals surface area (Å²) in [7, 11) is 0. The summed E-state index contributed by atoms with van der Waals surface area (Å²) in [6.07, 6.45) is 4.13. The minimum atomic E-state index is -0.276. The first-order valence-corrected chi connectivity index (χ1v) is 6.11. The van der Waals surface area contributed by atoms with Gasteiger partial charge in [-0.05, 0) is 24.6 Å². The van der Waals surface area contributed by atoms with Crippen molar-refractivity contribution < 1.29 is 4.42 Å². The van der Waals surface area contributed by atoms with Gasteiger partial charge in [0.2, 0.25) is 0 Å². The minimum absolute atomic E-state index is 0.276. The lowest BCUT2D eigenvalue weighted by Gasteiger charge is -2.12. The van der Waals surface area contributed by atoms with Gasteiger partial charge in [-0.1, -0.05) is 12.2 Å². The molecule has 3 rings (SSSR count). The van der Waals surface area contributed by atoms with E-state index in [1.807, 2.05) is 19.1 Å². The molecule has 0 unspecified atom stereocenters. The van der Waals surface area contributed by atoms with Gasteiger partial charge in [0.25, 0.3) is 0 Å². The van der Waals surface area contributed by atoms with Crippen LogP contribution >= 0.6 is 11.8 Å². The molecule has 0 amide bonds. The highest BCUT2D eigenvalue weighted by Gasteiger charge is 2.12. The van der Waals surface area contributed by atoms with Gasteiger partial charge in [0, 0.05) is 27.7 Å². The summed E-state index contributed by atoms with van der Waals surface area (Å²) in [6, 6.07) is 5.66. The van der Waals surface area contributed by atoms with E-state index in [1.54, 1.807) is 11.8 Å². The van der Waals surface area contributed by atoms with Gasteiger partial charge in [0.05, 0.1) is 0 Å². The van der Waals surface area contributed by atoms with E-state index in [4.69, 9.17) is 4.42 Å². The SMILES string of the molecule is Cc1cc(=O)oc2c3c(ccc12)SCC=C3. The summed E-state index contributed by atoms with van der Waals surface area (Å²) >= 11 is 1.77. The lowest BCUT2D eigenvalue weighted by atomic mass is 10.1. The highest BCUT2D eigenvalue weighted by atomic mass is 32.2. The van der Waals surface area contributed by atoms with E-state index in [1.165, 1.54) is 11.0 Å². The lowest BCUT2D eigenvalue weighted by Crippen LogP contribution is -2.00. The standard InChI is InChI=1S/C13H10O2S/c1-8-7-12(14)15-13-9(8)4-5-11-10(13)3-2-6-16-11/h2-5,7H,6H2,1H3. The highest BCUT2D eigenvalue weighted by Crippen LogP contribution is 2.34. The van der Waals surface area contributed by atoms with Gasteiger partial charge >= 0.3 is 5.63 Å². The molecule has 0 bridgehead atoms. The maximum atomic E-state index is 11.4. The fraction of sp³-hybridized carbons (Fsp3) is 0.154. The highest BCUT2D eigenvalue weighted by molar-refractivity contribution is 7.99. The zero-order valence-corrected chi connectivity index (χ0v) is 9.64. The Hall–Kier alpha value is -1.48. The van der Waals surface area contributed by atoms with E-state index in [-0.39, 0.29) is 5.63 Å². The van der Waals surface area contributed by atoms with Crippen LogP contribution in [0.4, 0.5) is 0 Å². The van der Waals surface area contributed by atoms with Crippen LogP contribution in [-0.2, 0) is 0 Å². The number of rotatable bonds is 0. The molecule has 3 heteroatoms. The second kappa shape index (κ2) is 3.52. The van der Waals surface area contributed by atoms with Gasteiger partial charge in [-0.3, -0.25) is 0 Å². The van der Waals surface area contributed by atoms with Crippen LogP contribution in [0.3, 0.4) is 0 Å². The zero-order valence-electron chi connectivity index (χ0n) is 8.82. The Kier molecular flexibility index (Phi) is 2.14. The van der Waals surface area contributed by atoms with Gasteiger partial charge in [0.15, 0.2) is 0 Å². The summed E-state index contributed by atoms with van der Waals surface area (Å²) in [6.45, 7) is 1.94. The summed E-state index contributed by atoms with van der Waals surface area (Å²) in [4.78, 5) is 12.6. The predicted molar refractivity (Wildman–Crippen MR) is 67.0 cm³/mol. The monoisotopic (exact) mass is 230 g/mol. The quantitative estimate of drug-likeness (QED) is 0.651. The Bertz CT molecular complexity index is 653. The molecule has 0 N–H and O–H groups in total. The van der Waals surface area contributed by atoms with Crippen molar-refractivity contribution in [1.29, 1.82) is 0 Å².